The van der Waals surface area contributed by atoms with Gasteiger partial charge in [-0.05, 0) is 36.4 Å². The highest BCUT2D eigenvalue weighted by Gasteiger charge is 2.31. The summed E-state index contributed by atoms with van der Waals surface area (Å²) in [4.78, 5) is 15.8. The Morgan fingerprint density at radius 2 is 1.82 bits per heavy atom. The summed E-state index contributed by atoms with van der Waals surface area (Å²) in [5.41, 5.74) is -0.419. The molecule has 3 rings (SSSR count). The SMILES string of the molecule is O=C1Nc2ccc(F)cc2C1=Nc1cccc(C(F)(F)F)c1. The second kappa shape index (κ2) is 4.94. The number of fused-ring (bicyclic) bond motifs is 1. The molecule has 22 heavy (non-hydrogen) atoms. The monoisotopic (exact) mass is 308 g/mol. The van der Waals surface area contributed by atoms with E-state index >= 15 is 0 Å². The Morgan fingerprint density at radius 1 is 1.05 bits per heavy atom. The molecule has 1 N–H and O–H groups in total. The molecule has 7 heteroatoms. The van der Waals surface area contributed by atoms with Crippen molar-refractivity contribution in [3.63, 3.8) is 0 Å². The van der Waals surface area contributed by atoms with E-state index in [2.05, 4.69) is 10.3 Å². The lowest BCUT2D eigenvalue weighted by Gasteiger charge is -2.06. The molecule has 2 aromatic carbocycles. The summed E-state index contributed by atoms with van der Waals surface area (Å²) < 4.78 is 51.3. The van der Waals surface area contributed by atoms with Gasteiger partial charge in [-0.1, -0.05) is 6.07 Å². The number of carbonyl (C=O) groups excluding carboxylic acids is 1. The Kier molecular flexibility index (Phi) is 3.20. The molecule has 0 unspecified atom stereocenters. The van der Waals surface area contributed by atoms with Crippen LogP contribution in [0.4, 0.5) is 28.9 Å². The minimum Gasteiger partial charge on any atom is -0.320 e. The Hall–Kier alpha value is -2.70. The molecule has 2 aromatic rings. The summed E-state index contributed by atoms with van der Waals surface area (Å²) in [5.74, 6) is -1.15. The third kappa shape index (κ3) is 2.57. The molecule has 0 saturated heterocycles. The Morgan fingerprint density at radius 3 is 2.55 bits per heavy atom. The standard InChI is InChI=1S/C15H8F4N2O/c16-9-4-5-12-11(7-9)13(14(22)21-12)20-10-3-1-2-8(6-10)15(17,18)19/h1-7H,(H,20,21,22). The van der Waals surface area contributed by atoms with Crippen LogP contribution < -0.4 is 5.32 Å². The van der Waals surface area contributed by atoms with Gasteiger partial charge in [0.05, 0.1) is 16.9 Å². The molecule has 0 aromatic heterocycles. The van der Waals surface area contributed by atoms with Crippen molar-refractivity contribution >= 4 is 23.0 Å². The maximum atomic E-state index is 13.3. The smallest absolute Gasteiger partial charge is 0.320 e. The van der Waals surface area contributed by atoms with E-state index in [1.807, 2.05) is 0 Å². The summed E-state index contributed by atoms with van der Waals surface area (Å²) >= 11 is 0. The summed E-state index contributed by atoms with van der Waals surface area (Å²) in [6.07, 6.45) is -4.50. The molecule has 1 heterocycles. The van der Waals surface area contributed by atoms with Gasteiger partial charge in [-0.2, -0.15) is 13.2 Å². The molecule has 0 saturated carbocycles. The van der Waals surface area contributed by atoms with E-state index in [9.17, 15) is 22.4 Å². The Bertz CT molecular complexity index is 796. The summed E-state index contributed by atoms with van der Waals surface area (Å²) in [5, 5.41) is 2.48. The number of carbonyl (C=O) groups is 1. The van der Waals surface area contributed by atoms with Gasteiger partial charge in [0.15, 0.2) is 0 Å². The number of halogens is 4. The van der Waals surface area contributed by atoms with E-state index in [-0.39, 0.29) is 17.0 Å². The van der Waals surface area contributed by atoms with Gasteiger partial charge in [0.25, 0.3) is 5.91 Å². The highest BCUT2D eigenvalue weighted by atomic mass is 19.4. The van der Waals surface area contributed by atoms with Crippen LogP contribution in [-0.2, 0) is 11.0 Å². The lowest BCUT2D eigenvalue weighted by molar-refractivity contribution is -0.137. The second-order valence-corrected chi connectivity index (χ2v) is 4.65. The van der Waals surface area contributed by atoms with Crippen LogP contribution in [0.25, 0.3) is 0 Å². The first-order valence-corrected chi connectivity index (χ1v) is 6.22. The molecule has 0 bridgehead atoms. The van der Waals surface area contributed by atoms with Crippen LogP contribution in [-0.4, -0.2) is 11.6 Å². The fraction of sp³-hybridized carbons (Fsp3) is 0.0667. The number of anilines is 1. The molecule has 1 aliphatic heterocycles. The van der Waals surface area contributed by atoms with Gasteiger partial charge in [0, 0.05) is 5.56 Å². The van der Waals surface area contributed by atoms with Gasteiger partial charge in [-0.3, -0.25) is 4.79 Å². The van der Waals surface area contributed by atoms with Crippen LogP contribution >= 0.6 is 0 Å². The molecule has 1 amide bonds. The van der Waals surface area contributed by atoms with E-state index in [4.69, 9.17) is 0 Å². The van der Waals surface area contributed by atoms with Gasteiger partial charge in [0.2, 0.25) is 0 Å². The van der Waals surface area contributed by atoms with Gasteiger partial charge < -0.3 is 5.32 Å². The Balaban J connectivity index is 2.07. The van der Waals surface area contributed by atoms with Crippen LogP contribution in [0.2, 0.25) is 0 Å². The first kappa shape index (κ1) is 14.2. The van der Waals surface area contributed by atoms with Crippen LogP contribution in [0.5, 0.6) is 0 Å². The lowest BCUT2D eigenvalue weighted by Crippen LogP contribution is -2.14. The lowest BCUT2D eigenvalue weighted by atomic mass is 10.1. The van der Waals surface area contributed by atoms with Crippen molar-refractivity contribution in [3.8, 4) is 0 Å². The summed E-state index contributed by atoms with van der Waals surface area (Å²) in [6.45, 7) is 0. The number of amides is 1. The molecule has 0 radical (unpaired) electrons. The zero-order chi connectivity index (χ0) is 15.9. The number of aliphatic imine (C=N–C) groups is 1. The van der Waals surface area contributed by atoms with Crippen molar-refractivity contribution < 1.29 is 22.4 Å². The van der Waals surface area contributed by atoms with Crippen molar-refractivity contribution in [3.05, 3.63) is 59.4 Å². The van der Waals surface area contributed by atoms with Crippen molar-refractivity contribution in [2.45, 2.75) is 6.18 Å². The van der Waals surface area contributed by atoms with Gasteiger partial charge in [0.1, 0.15) is 11.5 Å². The molecule has 1 aliphatic rings. The Labute approximate surface area is 122 Å². The topological polar surface area (TPSA) is 41.5 Å². The maximum Gasteiger partial charge on any atom is 0.416 e. The quantitative estimate of drug-likeness (QED) is 0.797. The van der Waals surface area contributed by atoms with Crippen LogP contribution in [0.1, 0.15) is 11.1 Å². The number of hydrogen-bond donors (Lipinski definition) is 1. The molecule has 112 valence electrons. The second-order valence-electron chi connectivity index (χ2n) is 4.65. The number of benzene rings is 2. The fourth-order valence-electron chi connectivity index (χ4n) is 2.12. The molecular weight excluding hydrogens is 300 g/mol. The predicted molar refractivity (Wildman–Crippen MR) is 72.7 cm³/mol. The third-order valence-corrected chi connectivity index (χ3v) is 3.11. The van der Waals surface area contributed by atoms with Crippen molar-refractivity contribution in [2.75, 3.05) is 5.32 Å². The zero-order valence-corrected chi connectivity index (χ0v) is 10.9. The van der Waals surface area contributed by atoms with Crippen molar-refractivity contribution in [1.29, 1.82) is 0 Å². The van der Waals surface area contributed by atoms with E-state index in [1.165, 1.54) is 24.3 Å². The number of nitrogens with one attached hydrogen (secondary N) is 1. The predicted octanol–water partition coefficient (Wildman–Crippen LogP) is 3.92. The van der Waals surface area contributed by atoms with Gasteiger partial charge >= 0.3 is 6.18 Å². The molecule has 0 atom stereocenters. The summed E-state index contributed by atoms with van der Waals surface area (Å²) in [7, 11) is 0. The molecule has 0 aliphatic carbocycles. The first-order valence-electron chi connectivity index (χ1n) is 6.22. The van der Waals surface area contributed by atoms with E-state index in [0.29, 0.717) is 5.69 Å². The number of nitrogens with zero attached hydrogens (tertiary/aromatic N) is 1. The highest BCUT2D eigenvalue weighted by molar-refractivity contribution is 6.54. The van der Waals surface area contributed by atoms with Crippen LogP contribution in [0, 0.1) is 5.82 Å². The zero-order valence-electron chi connectivity index (χ0n) is 10.9. The van der Waals surface area contributed by atoms with E-state index < -0.39 is 23.5 Å². The van der Waals surface area contributed by atoms with E-state index in [1.54, 1.807) is 0 Å². The highest BCUT2D eigenvalue weighted by Crippen LogP contribution is 2.32. The fourth-order valence-corrected chi connectivity index (χ4v) is 2.12. The number of rotatable bonds is 1. The summed E-state index contributed by atoms with van der Waals surface area (Å²) in [6, 6.07) is 7.93. The number of hydrogen-bond acceptors (Lipinski definition) is 2. The normalized spacial score (nSPS) is 15.8. The largest absolute Gasteiger partial charge is 0.416 e. The first-order chi connectivity index (χ1) is 10.3. The average Bonchev–Trinajstić information content (AvgIpc) is 2.75. The van der Waals surface area contributed by atoms with E-state index in [0.717, 1.165) is 18.2 Å². The van der Waals surface area contributed by atoms with Crippen LogP contribution in [0.3, 0.4) is 0 Å². The van der Waals surface area contributed by atoms with Crippen molar-refractivity contribution in [1.82, 2.24) is 0 Å². The minimum absolute atomic E-state index is 0.0305. The minimum atomic E-state index is -4.50. The van der Waals surface area contributed by atoms with Crippen molar-refractivity contribution in [2.24, 2.45) is 4.99 Å². The van der Waals surface area contributed by atoms with Gasteiger partial charge in [-0.25, -0.2) is 9.38 Å². The maximum absolute atomic E-state index is 13.3. The molecular formula is C15H8F4N2O. The number of alkyl halides is 3. The molecule has 3 nitrogen and oxygen atoms in total. The third-order valence-electron chi connectivity index (χ3n) is 3.11. The van der Waals surface area contributed by atoms with Gasteiger partial charge in [-0.15, -0.1) is 0 Å². The average molecular weight is 308 g/mol. The molecule has 0 fully saturated rings. The molecule has 0 spiro atoms. The van der Waals surface area contributed by atoms with Crippen LogP contribution in [0.15, 0.2) is 47.5 Å².